The highest BCUT2D eigenvalue weighted by Crippen LogP contribution is 2.02. The molecular weight excluding hydrogens is 384 g/mol. The normalized spacial score (nSPS) is 19.1. The van der Waals surface area contributed by atoms with Crippen LogP contribution >= 0.6 is 0 Å². The summed E-state index contributed by atoms with van der Waals surface area (Å²) in [6.07, 6.45) is 0. The minimum absolute atomic E-state index is 0.00378. The van der Waals surface area contributed by atoms with Crippen molar-refractivity contribution >= 4 is 23.7 Å². The molecule has 1 fully saturated rings. The summed E-state index contributed by atoms with van der Waals surface area (Å²) in [6, 6.07) is 0. The van der Waals surface area contributed by atoms with Gasteiger partial charge in [-0.3, -0.25) is 38.8 Å². The average Bonchev–Trinajstić information content (AvgIpc) is 2.62. The predicted octanol–water partition coefficient (Wildman–Crippen LogP) is -1.86. The number of esters is 1. The Morgan fingerprint density at radius 3 is 1.24 bits per heavy atom. The Bertz CT molecular complexity index is 540. The van der Waals surface area contributed by atoms with Crippen molar-refractivity contribution in [3.05, 3.63) is 0 Å². The first-order valence-electron chi connectivity index (χ1n) is 9.59. The highest BCUT2D eigenvalue weighted by atomic mass is 16.5. The van der Waals surface area contributed by atoms with Crippen molar-refractivity contribution in [2.24, 2.45) is 0 Å². The topological polar surface area (TPSA) is 131 Å². The van der Waals surface area contributed by atoms with Crippen LogP contribution in [0.3, 0.4) is 0 Å². The summed E-state index contributed by atoms with van der Waals surface area (Å²) in [5.41, 5.74) is 0. The van der Waals surface area contributed by atoms with Gasteiger partial charge in [0.2, 0.25) is 0 Å². The summed E-state index contributed by atoms with van der Waals surface area (Å²) < 4.78 is 4.72. The van der Waals surface area contributed by atoms with Gasteiger partial charge < -0.3 is 14.9 Å². The molecule has 0 spiro atoms. The van der Waals surface area contributed by atoms with Gasteiger partial charge in [0.25, 0.3) is 0 Å². The van der Waals surface area contributed by atoms with Crippen LogP contribution in [0.5, 0.6) is 0 Å². The van der Waals surface area contributed by atoms with Crippen molar-refractivity contribution in [1.82, 2.24) is 19.6 Å². The molecule has 1 aliphatic rings. The van der Waals surface area contributed by atoms with Gasteiger partial charge in [-0.05, 0) is 6.92 Å². The third kappa shape index (κ3) is 11.5. The van der Waals surface area contributed by atoms with E-state index in [-0.39, 0.29) is 32.0 Å². The zero-order valence-electron chi connectivity index (χ0n) is 17.2. The highest BCUT2D eigenvalue weighted by Gasteiger charge is 2.20. The first kappa shape index (κ1) is 25.0. The Hall–Kier alpha value is -2.08. The third-order valence-corrected chi connectivity index (χ3v) is 4.67. The van der Waals surface area contributed by atoms with Crippen molar-refractivity contribution in [2.45, 2.75) is 6.92 Å². The number of ether oxygens (including phenoxy) is 1. The van der Waals surface area contributed by atoms with Gasteiger partial charge in [-0.1, -0.05) is 0 Å². The standard InChI is InChI=1S/C18H32N4O7/c1-15(23)11-19-3-5-20(12-16(24)25)7-9-22(14-18(28)29-2)10-8-21(6-4-19)13-17(26)27/h3-14H2,1-2H3,(H,24,25)(H,26,27). The fourth-order valence-corrected chi connectivity index (χ4v) is 3.16. The molecule has 2 N–H and O–H groups in total. The summed E-state index contributed by atoms with van der Waals surface area (Å²) in [5, 5.41) is 18.3. The van der Waals surface area contributed by atoms with Gasteiger partial charge in [-0.15, -0.1) is 0 Å². The second kappa shape index (κ2) is 13.2. The van der Waals surface area contributed by atoms with Gasteiger partial charge in [-0.2, -0.15) is 0 Å². The van der Waals surface area contributed by atoms with Gasteiger partial charge in [0.1, 0.15) is 5.78 Å². The van der Waals surface area contributed by atoms with Crippen molar-refractivity contribution in [3.8, 4) is 0 Å². The van der Waals surface area contributed by atoms with Gasteiger partial charge in [-0.25, -0.2) is 0 Å². The van der Waals surface area contributed by atoms with Crippen molar-refractivity contribution in [1.29, 1.82) is 0 Å². The second-order valence-corrected chi connectivity index (χ2v) is 7.17. The fourth-order valence-electron chi connectivity index (χ4n) is 3.16. The van der Waals surface area contributed by atoms with Gasteiger partial charge in [0.05, 0.1) is 33.3 Å². The van der Waals surface area contributed by atoms with Crippen LogP contribution in [0.15, 0.2) is 0 Å². The first-order valence-corrected chi connectivity index (χ1v) is 9.59. The smallest absolute Gasteiger partial charge is 0.319 e. The van der Waals surface area contributed by atoms with Gasteiger partial charge in [0, 0.05) is 52.4 Å². The maximum Gasteiger partial charge on any atom is 0.319 e. The summed E-state index contributed by atoms with van der Waals surface area (Å²) >= 11 is 0. The molecule has 1 rings (SSSR count). The zero-order valence-corrected chi connectivity index (χ0v) is 17.2. The van der Waals surface area contributed by atoms with Crippen LogP contribution in [-0.4, -0.2) is 139 Å². The van der Waals surface area contributed by atoms with E-state index in [1.165, 1.54) is 14.0 Å². The number of carbonyl (C=O) groups is 4. The van der Waals surface area contributed by atoms with Crippen LogP contribution in [0.2, 0.25) is 0 Å². The van der Waals surface area contributed by atoms with E-state index in [0.717, 1.165) is 0 Å². The number of Topliss-reactive ketones (excluding diaryl/α,β-unsaturated/α-hetero) is 1. The molecule has 0 aromatic heterocycles. The first-order chi connectivity index (χ1) is 13.7. The van der Waals surface area contributed by atoms with Crippen LogP contribution < -0.4 is 0 Å². The summed E-state index contributed by atoms with van der Waals surface area (Å²) in [7, 11) is 1.30. The summed E-state index contributed by atoms with van der Waals surface area (Å²) in [4.78, 5) is 53.0. The molecule has 166 valence electrons. The van der Waals surface area contributed by atoms with E-state index in [2.05, 4.69) is 0 Å². The lowest BCUT2D eigenvalue weighted by Crippen LogP contribution is -2.49. The Morgan fingerprint density at radius 1 is 0.655 bits per heavy atom. The fraction of sp³-hybridized carbons (Fsp3) is 0.778. The molecular formula is C18H32N4O7. The van der Waals surface area contributed by atoms with E-state index in [1.54, 1.807) is 9.80 Å². The molecule has 0 aromatic carbocycles. The molecule has 0 aliphatic carbocycles. The van der Waals surface area contributed by atoms with Crippen LogP contribution in [0.1, 0.15) is 6.92 Å². The molecule has 0 aromatic rings. The number of hydrogen-bond donors (Lipinski definition) is 2. The van der Waals surface area contributed by atoms with Crippen molar-refractivity contribution < 1.29 is 34.1 Å². The number of carboxylic acids is 2. The van der Waals surface area contributed by atoms with E-state index < -0.39 is 17.9 Å². The van der Waals surface area contributed by atoms with Crippen LogP contribution in [0, 0.1) is 0 Å². The molecule has 11 heteroatoms. The number of nitrogens with zero attached hydrogens (tertiary/aromatic N) is 4. The van der Waals surface area contributed by atoms with Gasteiger partial charge in [0.15, 0.2) is 0 Å². The lowest BCUT2D eigenvalue weighted by atomic mass is 10.3. The number of methoxy groups -OCH3 is 1. The van der Waals surface area contributed by atoms with E-state index in [4.69, 9.17) is 4.74 Å². The quantitative estimate of drug-likeness (QED) is 0.432. The Balaban J connectivity index is 2.92. The third-order valence-electron chi connectivity index (χ3n) is 4.67. The maximum absolute atomic E-state index is 11.7. The molecule has 0 radical (unpaired) electrons. The predicted molar refractivity (Wildman–Crippen MR) is 104 cm³/mol. The number of carbonyl (C=O) groups excluding carboxylic acids is 2. The number of carboxylic acid groups (broad SMARTS) is 2. The van der Waals surface area contributed by atoms with Crippen LogP contribution in [0.25, 0.3) is 0 Å². The molecule has 1 heterocycles. The Kier molecular flexibility index (Phi) is 11.4. The number of aliphatic carboxylic acids is 2. The zero-order chi connectivity index (χ0) is 21.8. The highest BCUT2D eigenvalue weighted by molar-refractivity contribution is 5.77. The number of hydrogen-bond acceptors (Lipinski definition) is 9. The molecule has 11 nitrogen and oxygen atoms in total. The summed E-state index contributed by atoms with van der Waals surface area (Å²) in [6.45, 7) is 5.12. The minimum Gasteiger partial charge on any atom is -0.480 e. The Morgan fingerprint density at radius 2 is 0.966 bits per heavy atom. The van der Waals surface area contributed by atoms with Crippen molar-refractivity contribution in [3.63, 3.8) is 0 Å². The van der Waals surface area contributed by atoms with Crippen LogP contribution in [-0.2, 0) is 23.9 Å². The number of rotatable bonds is 8. The number of ketones is 1. The van der Waals surface area contributed by atoms with Gasteiger partial charge >= 0.3 is 17.9 Å². The molecule has 0 unspecified atom stereocenters. The SMILES string of the molecule is COC(=O)CN1CCN(CC(=O)O)CCN(CC(C)=O)CCN(CC(=O)O)CC1. The molecule has 0 bridgehead atoms. The minimum atomic E-state index is -0.942. The molecule has 29 heavy (non-hydrogen) atoms. The second-order valence-electron chi connectivity index (χ2n) is 7.17. The summed E-state index contributed by atoms with van der Waals surface area (Å²) in [5.74, 6) is -2.29. The Labute approximate surface area is 170 Å². The average molecular weight is 416 g/mol. The lowest BCUT2D eigenvalue weighted by molar-refractivity contribution is -0.143. The van der Waals surface area contributed by atoms with E-state index >= 15 is 0 Å². The van der Waals surface area contributed by atoms with Crippen molar-refractivity contribution in [2.75, 3.05) is 85.6 Å². The van der Waals surface area contributed by atoms with Crippen LogP contribution in [0.4, 0.5) is 0 Å². The van der Waals surface area contributed by atoms with E-state index in [0.29, 0.717) is 52.4 Å². The largest absolute Gasteiger partial charge is 0.480 e. The monoisotopic (exact) mass is 416 g/mol. The molecule has 1 saturated heterocycles. The van der Waals surface area contributed by atoms with E-state index in [1.807, 2.05) is 9.80 Å². The van der Waals surface area contributed by atoms with E-state index in [9.17, 15) is 29.4 Å². The lowest BCUT2D eigenvalue weighted by Gasteiger charge is -2.32. The maximum atomic E-state index is 11.7. The molecule has 0 atom stereocenters. The molecule has 0 amide bonds. The molecule has 1 aliphatic heterocycles. The molecule has 0 saturated carbocycles.